The molecule has 3 nitrogen and oxygen atoms in total. The minimum atomic E-state index is -0.0488. The zero-order chi connectivity index (χ0) is 14.4. The molecule has 20 heavy (non-hydrogen) atoms. The Labute approximate surface area is 118 Å². The van der Waals surface area contributed by atoms with E-state index in [1.807, 2.05) is 31.2 Å². The van der Waals surface area contributed by atoms with Crippen molar-refractivity contribution < 1.29 is 9.53 Å². The normalized spacial score (nSPS) is 10.5. The van der Waals surface area contributed by atoms with Crippen LogP contribution in [0, 0.1) is 6.92 Å². The van der Waals surface area contributed by atoms with Crippen LogP contribution in [0.2, 0.25) is 0 Å². The second-order valence-corrected chi connectivity index (χ2v) is 4.44. The Kier molecular flexibility index (Phi) is 4.56. The SMILES string of the molecule is COc1ccc(C(=O)C=CNc2ccc(C)cc2)cc1. The number of hydrogen-bond donors (Lipinski definition) is 1. The van der Waals surface area contributed by atoms with Crippen LogP contribution in [0.25, 0.3) is 0 Å². The molecule has 0 bridgehead atoms. The Hall–Kier alpha value is -2.55. The second-order valence-electron chi connectivity index (χ2n) is 4.44. The molecule has 0 saturated heterocycles. The first-order chi connectivity index (χ1) is 9.69. The molecule has 102 valence electrons. The van der Waals surface area contributed by atoms with Gasteiger partial charge in [-0.25, -0.2) is 0 Å². The fourth-order valence-corrected chi connectivity index (χ4v) is 1.71. The summed E-state index contributed by atoms with van der Waals surface area (Å²) in [5, 5.41) is 3.07. The largest absolute Gasteiger partial charge is 0.497 e. The first-order valence-electron chi connectivity index (χ1n) is 6.37. The topological polar surface area (TPSA) is 38.3 Å². The standard InChI is InChI=1S/C17H17NO2/c1-13-3-7-15(8-4-13)18-12-11-17(19)14-5-9-16(20-2)10-6-14/h3-12,18H,1-2H3. The van der Waals surface area contributed by atoms with Crippen LogP contribution in [0.3, 0.4) is 0 Å². The van der Waals surface area contributed by atoms with Gasteiger partial charge in [0.25, 0.3) is 0 Å². The number of anilines is 1. The Balaban J connectivity index is 1.96. The van der Waals surface area contributed by atoms with Crippen LogP contribution in [0.5, 0.6) is 5.75 Å². The van der Waals surface area contributed by atoms with Gasteiger partial charge in [-0.05, 0) is 43.3 Å². The van der Waals surface area contributed by atoms with Gasteiger partial charge >= 0.3 is 0 Å². The lowest BCUT2D eigenvalue weighted by atomic mass is 10.1. The molecule has 2 aromatic carbocycles. The maximum Gasteiger partial charge on any atom is 0.187 e. The van der Waals surface area contributed by atoms with Gasteiger partial charge in [0.1, 0.15) is 5.75 Å². The molecule has 2 rings (SSSR count). The number of benzene rings is 2. The van der Waals surface area contributed by atoms with Crippen LogP contribution >= 0.6 is 0 Å². The van der Waals surface area contributed by atoms with Gasteiger partial charge in [-0.2, -0.15) is 0 Å². The van der Waals surface area contributed by atoms with Gasteiger partial charge < -0.3 is 10.1 Å². The number of carbonyl (C=O) groups is 1. The summed E-state index contributed by atoms with van der Waals surface area (Å²) in [7, 11) is 1.60. The molecule has 0 amide bonds. The quantitative estimate of drug-likeness (QED) is 0.661. The van der Waals surface area contributed by atoms with Crippen LogP contribution < -0.4 is 10.1 Å². The molecule has 0 fully saturated rings. The molecule has 0 saturated carbocycles. The number of aryl methyl sites for hydroxylation is 1. The molecule has 3 heteroatoms. The fourth-order valence-electron chi connectivity index (χ4n) is 1.71. The fraction of sp³-hybridized carbons (Fsp3) is 0.118. The third kappa shape index (κ3) is 3.72. The maximum atomic E-state index is 11.9. The van der Waals surface area contributed by atoms with Gasteiger partial charge in [0, 0.05) is 23.5 Å². The number of methoxy groups -OCH3 is 1. The van der Waals surface area contributed by atoms with Crippen molar-refractivity contribution >= 4 is 11.5 Å². The van der Waals surface area contributed by atoms with Crippen LogP contribution in [-0.4, -0.2) is 12.9 Å². The lowest BCUT2D eigenvalue weighted by Crippen LogP contribution is -1.96. The molecular weight excluding hydrogens is 250 g/mol. The first-order valence-corrected chi connectivity index (χ1v) is 6.37. The minimum Gasteiger partial charge on any atom is -0.497 e. The lowest BCUT2D eigenvalue weighted by Gasteiger charge is -2.02. The molecule has 2 aromatic rings. The number of nitrogens with one attached hydrogen (secondary N) is 1. The zero-order valence-corrected chi connectivity index (χ0v) is 11.6. The minimum absolute atomic E-state index is 0.0488. The van der Waals surface area contributed by atoms with Crippen LogP contribution in [-0.2, 0) is 0 Å². The highest BCUT2D eigenvalue weighted by atomic mass is 16.5. The third-order valence-corrected chi connectivity index (χ3v) is 2.91. The summed E-state index contributed by atoms with van der Waals surface area (Å²) in [4.78, 5) is 11.9. The zero-order valence-electron chi connectivity index (χ0n) is 11.6. The van der Waals surface area contributed by atoms with E-state index in [2.05, 4.69) is 5.32 Å². The smallest absolute Gasteiger partial charge is 0.187 e. The van der Waals surface area contributed by atoms with Crippen molar-refractivity contribution in [2.75, 3.05) is 12.4 Å². The molecule has 0 aliphatic carbocycles. The van der Waals surface area contributed by atoms with Crippen molar-refractivity contribution in [1.29, 1.82) is 0 Å². The van der Waals surface area contributed by atoms with Gasteiger partial charge in [-0.15, -0.1) is 0 Å². The average molecular weight is 267 g/mol. The van der Waals surface area contributed by atoms with Crippen LogP contribution in [0.1, 0.15) is 15.9 Å². The Morgan fingerprint density at radius 3 is 2.30 bits per heavy atom. The van der Waals surface area contributed by atoms with Crippen molar-refractivity contribution in [3.8, 4) is 5.75 Å². The van der Waals surface area contributed by atoms with E-state index in [0.29, 0.717) is 5.56 Å². The number of hydrogen-bond acceptors (Lipinski definition) is 3. The molecule has 0 unspecified atom stereocenters. The number of carbonyl (C=O) groups excluding carboxylic acids is 1. The van der Waals surface area contributed by atoms with E-state index in [4.69, 9.17) is 4.74 Å². The molecule has 0 aliphatic rings. The van der Waals surface area contributed by atoms with E-state index < -0.39 is 0 Å². The third-order valence-electron chi connectivity index (χ3n) is 2.91. The molecular formula is C17H17NO2. The summed E-state index contributed by atoms with van der Waals surface area (Å²) in [5.41, 5.74) is 2.79. The molecule has 0 radical (unpaired) electrons. The van der Waals surface area contributed by atoms with E-state index in [9.17, 15) is 4.79 Å². The van der Waals surface area contributed by atoms with E-state index >= 15 is 0 Å². The van der Waals surface area contributed by atoms with E-state index in [1.54, 1.807) is 37.6 Å². The lowest BCUT2D eigenvalue weighted by molar-refractivity contribution is 0.104. The first kappa shape index (κ1) is 13.9. The van der Waals surface area contributed by atoms with Crippen molar-refractivity contribution in [2.24, 2.45) is 0 Å². The summed E-state index contributed by atoms with van der Waals surface area (Å²) in [5.74, 6) is 0.690. The Bertz CT molecular complexity index is 598. The van der Waals surface area contributed by atoms with E-state index in [1.165, 1.54) is 11.6 Å². The predicted molar refractivity (Wildman–Crippen MR) is 81.3 cm³/mol. The monoisotopic (exact) mass is 267 g/mol. The summed E-state index contributed by atoms with van der Waals surface area (Å²) in [6, 6.07) is 15.0. The van der Waals surface area contributed by atoms with Crippen molar-refractivity contribution in [2.45, 2.75) is 6.92 Å². The summed E-state index contributed by atoms with van der Waals surface area (Å²) >= 11 is 0. The highest BCUT2D eigenvalue weighted by Gasteiger charge is 2.01. The molecule has 0 aliphatic heterocycles. The summed E-state index contributed by atoms with van der Waals surface area (Å²) < 4.78 is 5.06. The van der Waals surface area contributed by atoms with Gasteiger partial charge in [0.15, 0.2) is 5.78 Å². The van der Waals surface area contributed by atoms with Gasteiger partial charge in [-0.3, -0.25) is 4.79 Å². The van der Waals surface area contributed by atoms with Gasteiger partial charge in [0.2, 0.25) is 0 Å². The van der Waals surface area contributed by atoms with Crippen LogP contribution in [0.4, 0.5) is 5.69 Å². The average Bonchev–Trinajstić information content (AvgIpc) is 2.49. The maximum absolute atomic E-state index is 11.9. The Morgan fingerprint density at radius 2 is 1.70 bits per heavy atom. The van der Waals surface area contributed by atoms with Crippen molar-refractivity contribution in [3.63, 3.8) is 0 Å². The van der Waals surface area contributed by atoms with Gasteiger partial charge in [-0.1, -0.05) is 17.7 Å². The number of ether oxygens (including phenoxy) is 1. The molecule has 1 N–H and O–H groups in total. The number of allylic oxidation sites excluding steroid dienone is 1. The molecule has 0 spiro atoms. The van der Waals surface area contributed by atoms with Crippen LogP contribution in [0.15, 0.2) is 60.8 Å². The Morgan fingerprint density at radius 1 is 1.05 bits per heavy atom. The predicted octanol–water partition coefficient (Wildman–Crippen LogP) is 3.81. The molecule has 0 aromatic heterocycles. The highest BCUT2D eigenvalue weighted by Crippen LogP contribution is 2.12. The van der Waals surface area contributed by atoms with E-state index in [0.717, 1.165) is 11.4 Å². The van der Waals surface area contributed by atoms with Crippen molar-refractivity contribution in [1.82, 2.24) is 0 Å². The highest BCUT2D eigenvalue weighted by molar-refractivity contribution is 6.04. The van der Waals surface area contributed by atoms with Crippen molar-refractivity contribution in [3.05, 3.63) is 71.9 Å². The molecule has 0 atom stereocenters. The van der Waals surface area contributed by atoms with E-state index in [-0.39, 0.29) is 5.78 Å². The summed E-state index contributed by atoms with van der Waals surface area (Å²) in [6.07, 6.45) is 3.17. The summed E-state index contributed by atoms with van der Waals surface area (Å²) in [6.45, 7) is 2.03. The second kappa shape index (κ2) is 6.57. The molecule has 0 heterocycles. The van der Waals surface area contributed by atoms with Gasteiger partial charge in [0.05, 0.1) is 7.11 Å². The number of ketones is 1. The number of rotatable bonds is 5.